The van der Waals surface area contributed by atoms with Gasteiger partial charge < -0.3 is 28.4 Å². The smallest absolute Gasteiger partial charge is 0.367 e. The Labute approximate surface area is 485 Å². The molecule has 0 radical (unpaired) electrons. The molecule has 2 aliphatic heterocycles. The number of allylic oxidation sites excluding steroid dienone is 2. The summed E-state index contributed by atoms with van der Waals surface area (Å²) < 4.78 is 37.6. The Kier molecular flexibility index (Phi) is 13.4. The molecule has 7 aromatic carbocycles. The SMILES string of the molecule is O=C1C(=Cc2nc3c(s2)-c2cc4c(cc2C(C(=O)OCc2ccccc2)(C(=O)OCc2ccccc2)O3)-c2sc(C=C3C(=O)c5ccccc5C3=O)nc2OC4(C(=O)OCc2ccccc2)C(=O)OCc2ccccc2)C(=O)c2ccccc21. The Morgan fingerprint density at radius 1 is 0.381 bits per heavy atom. The number of fused-ring (bicyclic) bond motifs is 8. The Morgan fingerprint density at radius 3 is 0.917 bits per heavy atom. The zero-order valence-corrected chi connectivity index (χ0v) is 45.4. The van der Waals surface area contributed by atoms with Gasteiger partial charge in [0.25, 0.3) is 0 Å². The van der Waals surface area contributed by atoms with Crippen molar-refractivity contribution in [1.29, 1.82) is 0 Å². The number of benzene rings is 7. The monoisotopic (exact) mass is 1150 g/mol. The number of esters is 4. The van der Waals surface area contributed by atoms with Crippen molar-refractivity contribution in [3.8, 4) is 32.6 Å². The fourth-order valence-electron chi connectivity index (χ4n) is 10.3. The Bertz CT molecular complexity index is 3860. The van der Waals surface area contributed by atoms with Crippen LogP contribution in [0.25, 0.3) is 33.0 Å². The predicted molar refractivity (Wildman–Crippen MR) is 304 cm³/mol. The van der Waals surface area contributed by atoms with E-state index in [1.54, 1.807) is 146 Å². The predicted octanol–water partition coefficient (Wildman–Crippen LogP) is 11.0. The minimum atomic E-state index is -2.92. The second-order valence-corrected chi connectivity index (χ2v) is 21.7. The number of thiazole rings is 2. The van der Waals surface area contributed by atoms with Gasteiger partial charge in [0.05, 0.1) is 20.9 Å². The van der Waals surface area contributed by atoms with Crippen LogP contribution in [0.3, 0.4) is 0 Å². The number of carbonyl (C=O) groups is 8. The van der Waals surface area contributed by atoms with Crippen LogP contribution in [0.2, 0.25) is 0 Å². The summed E-state index contributed by atoms with van der Waals surface area (Å²) in [5, 5.41) is 0.0406. The molecule has 0 bridgehead atoms. The van der Waals surface area contributed by atoms with Crippen LogP contribution in [0.1, 0.15) is 84.8 Å². The minimum Gasteiger partial charge on any atom is -0.457 e. The lowest BCUT2D eigenvalue weighted by molar-refractivity contribution is -0.185. The van der Waals surface area contributed by atoms with E-state index in [0.717, 1.165) is 22.7 Å². The Hall–Kier alpha value is -10.6. The van der Waals surface area contributed by atoms with Crippen molar-refractivity contribution in [3.63, 3.8) is 0 Å². The van der Waals surface area contributed by atoms with Crippen molar-refractivity contribution in [2.75, 3.05) is 0 Å². The van der Waals surface area contributed by atoms with Crippen LogP contribution >= 0.6 is 22.7 Å². The van der Waals surface area contributed by atoms with Crippen LogP contribution in [0.5, 0.6) is 11.8 Å². The number of hydrogen-bond donors (Lipinski definition) is 0. The number of hydrogen-bond acceptors (Lipinski definition) is 18. The molecule has 0 saturated heterocycles. The van der Waals surface area contributed by atoms with E-state index in [1.807, 2.05) is 0 Å². The van der Waals surface area contributed by atoms with Crippen molar-refractivity contribution < 1.29 is 66.8 Å². The number of nitrogens with zero attached hydrogens (tertiary/aromatic N) is 2. The third-order valence-electron chi connectivity index (χ3n) is 14.5. The standard InChI is InChI=1S/C66H40N2O14S2/c69-53-41-25-13-14-26-42(41)54(70)47(53)31-51-67-59-57(83-51)45-30-50-46(29-49(45)65(81-59,61(73)77-33-37-17-5-1-6-18-37)62(74)78-34-38-19-7-2-8-20-38)58-60(68-52(84-58)32-48-55(71)43-27-15-16-28-44(43)56(48)72)82-66(50,63(75)79-35-39-21-9-3-10-22-39)64(76)80-36-40-23-11-4-12-24-40/h1-32H,33-36H2. The van der Waals surface area contributed by atoms with Gasteiger partial charge in [-0.05, 0) is 46.5 Å². The first-order chi connectivity index (χ1) is 40.9. The van der Waals surface area contributed by atoms with Crippen molar-refractivity contribution in [2.24, 2.45) is 0 Å². The van der Waals surface area contributed by atoms with Gasteiger partial charge in [-0.25, -0.2) is 29.1 Å². The number of carbonyl (C=O) groups excluding carboxylic acids is 8. The summed E-state index contributed by atoms with van der Waals surface area (Å²) >= 11 is 1.80. The molecule has 4 aliphatic rings. The molecule has 9 aromatic rings. The average molecular weight is 1150 g/mol. The fraction of sp³-hybridized carbons (Fsp3) is 0.0909. The van der Waals surface area contributed by atoms with E-state index in [9.17, 15) is 19.2 Å². The van der Waals surface area contributed by atoms with Gasteiger partial charge in [0.2, 0.25) is 11.8 Å². The van der Waals surface area contributed by atoms with Crippen LogP contribution in [0, 0.1) is 0 Å². The first kappa shape index (κ1) is 52.8. The lowest BCUT2D eigenvalue weighted by Crippen LogP contribution is -2.54. The van der Waals surface area contributed by atoms with E-state index in [-0.39, 0.29) is 114 Å². The summed E-state index contributed by atoms with van der Waals surface area (Å²) in [4.78, 5) is 127. The van der Waals surface area contributed by atoms with Gasteiger partial charge in [0.15, 0.2) is 23.1 Å². The summed E-state index contributed by atoms with van der Waals surface area (Å²) in [5.74, 6) is -8.03. The second kappa shape index (κ2) is 21.4. The van der Waals surface area contributed by atoms with Crippen molar-refractivity contribution in [2.45, 2.75) is 37.6 Å². The lowest BCUT2D eigenvalue weighted by Gasteiger charge is -2.38. The third kappa shape index (κ3) is 9.09. The number of ether oxygens (including phenoxy) is 6. The first-order valence-electron chi connectivity index (χ1n) is 26.2. The molecule has 0 N–H and O–H groups in total. The molecule has 13 rings (SSSR count). The van der Waals surface area contributed by atoms with E-state index in [2.05, 4.69) is 0 Å². The van der Waals surface area contributed by atoms with Crippen LogP contribution in [-0.4, -0.2) is 57.0 Å². The van der Waals surface area contributed by atoms with Crippen LogP contribution in [0.15, 0.2) is 193 Å². The average Bonchev–Trinajstić information content (AvgIpc) is 1.27. The summed E-state index contributed by atoms with van der Waals surface area (Å²) in [6.45, 7) is -1.45. The molecule has 16 nitrogen and oxygen atoms in total. The molecule has 4 heterocycles. The molecule has 0 fully saturated rings. The van der Waals surface area contributed by atoms with Gasteiger partial charge in [-0.3, -0.25) is 19.2 Å². The Balaban J connectivity index is 1.05. The van der Waals surface area contributed by atoms with E-state index >= 15 is 19.2 Å². The molecule has 0 saturated carbocycles. The molecule has 18 heteroatoms. The lowest BCUT2D eigenvalue weighted by atomic mass is 9.79. The molecule has 410 valence electrons. The number of ketones is 4. The van der Waals surface area contributed by atoms with Crippen LogP contribution < -0.4 is 9.47 Å². The van der Waals surface area contributed by atoms with E-state index in [4.69, 9.17) is 38.4 Å². The molecule has 2 aromatic heterocycles. The van der Waals surface area contributed by atoms with Gasteiger partial charge >= 0.3 is 35.1 Å². The number of Topliss-reactive ketones (excluding diaryl/α,β-unsaturated/α-hetero) is 4. The first-order valence-corrected chi connectivity index (χ1v) is 27.8. The van der Waals surface area contributed by atoms with Gasteiger partial charge in [-0.15, -0.1) is 22.7 Å². The molecule has 0 unspecified atom stereocenters. The zero-order valence-electron chi connectivity index (χ0n) is 43.7. The normalized spacial score (nSPS) is 14.5. The highest BCUT2D eigenvalue weighted by molar-refractivity contribution is 7.17. The van der Waals surface area contributed by atoms with Gasteiger partial charge in [0, 0.05) is 44.5 Å². The quantitative estimate of drug-likeness (QED) is 0.0325. The maximum atomic E-state index is 15.5. The topological polar surface area (TPSA) is 218 Å². The zero-order chi connectivity index (χ0) is 57.7. The molecule has 2 aliphatic carbocycles. The largest absolute Gasteiger partial charge is 0.457 e. The molecule has 0 atom stereocenters. The fourth-order valence-corrected chi connectivity index (χ4v) is 12.3. The number of rotatable bonds is 14. The molecular weight excluding hydrogens is 1110 g/mol. The summed E-state index contributed by atoms with van der Waals surface area (Å²) in [6.07, 6.45) is 2.57. The maximum absolute atomic E-state index is 15.5. The van der Waals surface area contributed by atoms with Crippen molar-refractivity contribution >= 4 is 81.8 Å². The molecule has 0 spiro atoms. The van der Waals surface area contributed by atoms with Gasteiger partial charge in [-0.2, -0.15) is 0 Å². The third-order valence-corrected chi connectivity index (χ3v) is 16.5. The van der Waals surface area contributed by atoms with Crippen LogP contribution in [-0.2, 0) is 75.8 Å². The molecule has 0 amide bonds. The van der Waals surface area contributed by atoms with Crippen molar-refractivity contribution in [3.05, 3.63) is 259 Å². The van der Waals surface area contributed by atoms with E-state index in [1.165, 1.54) is 48.6 Å². The number of aromatic nitrogens is 2. The highest BCUT2D eigenvalue weighted by Crippen LogP contribution is 2.57. The highest BCUT2D eigenvalue weighted by Gasteiger charge is 2.63. The highest BCUT2D eigenvalue weighted by atomic mass is 32.1. The summed E-state index contributed by atoms with van der Waals surface area (Å²) in [6, 6.07) is 50.0. The second-order valence-electron chi connectivity index (χ2n) is 19.7. The minimum absolute atomic E-state index is 0.0203. The van der Waals surface area contributed by atoms with Crippen LogP contribution in [0.4, 0.5) is 0 Å². The van der Waals surface area contributed by atoms with Gasteiger partial charge in [-0.1, -0.05) is 170 Å². The summed E-state index contributed by atoms with van der Waals surface area (Å²) in [5.41, 5.74) is -3.87. The summed E-state index contributed by atoms with van der Waals surface area (Å²) in [7, 11) is 0. The van der Waals surface area contributed by atoms with Gasteiger partial charge in [0.1, 0.15) is 36.4 Å². The maximum Gasteiger partial charge on any atom is 0.367 e. The van der Waals surface area contributed by atoms with E-state index < -0.39 is 58.2 Å². The van der Waals surface area contributed by atoms with E-state index in [0.29, 0.717) is 22.3 Å². The Morgan fingerprint density at radius 2 is 0.643 bits per heavy atom. The van der Waals surface area contributed by atoms with Crippen molar-refractivity contribution in [1.82, 2.24) is 9.97 Å². The molecule has 84 heavy (non-hydrogen) atoms. The molecular formula is C66H40N2O14S2.